The Balaban J connectivity index is 1.14. The van der Waals surface area contributed by atoms with Crippen molar-refractivity contribution >= 4 is 22.9 Å². The molecule has 6 rings (SSSR count). The molecule has 0 N–H and O–H groups in total. The zero-order chi connectivity index (χ0) is 30.3. The first-order valence-electron chi connectivity index (χ1n) is 16.2. The lowest BCUT2D eigenvalue weighted by Gasteiger charge is -2.28. The maximum absolute atomic E-state index is 13.3. The van der Waals surface area contributed by atoms with E-state index in [1.807, 2.05) is 48.3 Å². The van der Waals surface area contributed by atoms with Gasteiger partial charge in [-0.2, -0.15) is 0 Å². The number of likely N-dealkylation sites (N-methyl/N-ethyl adjacent to an activating group) is 1. The van der Waals surface area contributed by atoms with Crippen LogP contribution in [0, 0.1) is 0 Å². The van der Waals surface area contributed by atoms with E-state index in [-0.39, 0.29) is 18.6 Å². The van der Waals surface area contributed by atoms with Crippen LogP contribution >= 0.6 is 0 Å². The molecule has 1 aromatic heterocycles. The predicted molar refractivity (Wildman–Crippen MR) is 176 cm³/mol. The number of nitrogens with zero attached hydrogens (tertiary/aromatic N) is 5. The van der Waals surface area contributed by atoms with E-state index < -0.39 is 0 Å². The summed E-state index contributed by atoms with van der Waals surface area (Å²) in [5, 5.41) is 0. The van der Waals surface area contributed by atoms with Crippen molar-refractivity contribution in [1.29, 1.82) is 0 Å². The molecule has 1 fully saturated rings. The number of anilines is 1. The number of aryl methyl sites for hydroxylation is 1. The summed E-state index contributed by atoms with van der Waals surface area (Å²) >= 11 is 0. The van der Waals surface area contributed by atoms with E-state index in [1.54, 1.807) is 0 Å². The van der Waals surface area contributed by atoms with Gasteiger partial charge in [-0.15, -0.1) is 0 Å². The number of fused-ring (bicyclic) bond motifs is 2. The van der Waals surface area contributed by atoms with Gasteiger partial charge in [0.05, 0.1) is 11.0 Å². The number of hydrogen-bond acceptors (Lipinski definition) is 6. The number of carbonyl (C=O) groups is 1. The summed E-state index contributed by atoms with van der Waals surface area (Å²) in [7, 11) is 1.91. The molecule has 2 aliphatic rings. The Morgan fingerprint density at radius 1 is 0.909 bits per heavy atom. The molecule has 3 heterocycles. The SMILES string of the molecule is CCCCCn1c(N2CCCN(CCC(CN(C)C(=O)c3ccccc3)c3ccc4c(c3)OCO4)CC2)nc2ccccc21. The predicted octanol–water partition coefficient (Wildman–Crippen LogP) is 6.41. The third kappa shape index (κ3) is 6.86. The number of amides is 1. The van der Waals surface area contributed by atoms with Crippen LogP contribution in [-0.4, -0.2) is 78.4 Å². The molecule has 4 aromatic rings. The number of ether oxygens (including phenoxy) is 2. The Morgan fingerprint density at radius 3 is 2.59 bits per heavy atom. The lowest BCUT2D eigenvalue weighted by atomic mass is 9.94. The molecule has 8 heteroatoms. The van der Waals surface area contributed by atoms with Crippen molar-refractivity contribution in [3.8, 4) is 11.5 Å². The maximum atomic E-state index is 13.3. The molecule has 232 valence electrons. The van der Waals surface area contributed by atoms with E-state index >= 15 is 0 Å². The number of imidazole rings is 1. The number of carbonyl (C=O) groups excluding carboxylic acids is 1. The Bertz CT molecular complexity index is 1540. The summed E-state index contributed by atoms with van der Waals surface area (Å²) in [6.45, 7) is 9.13. The number of unbranched alkanes of at least 4 members (excludes halogenated alkanes) is 2. The van der Waals surface area contributed by atoms with Crippen molar-refractivity contribution in [2.24, 2.45) is 0 Å². The lowest BCUT2D eigenvalue weighted by Crippen LogP contribution is -2.35. The molecular formula is C36H45N5O3. The minimum absolute atomic E-state index is 0.0450. The summed E-state index contributed by atoms with van der Waals surface area (Å²) in [6.07, 6.45) is 5.66. The molecule has 1 unspecified atom stereocenters. The third-order valence-corrected chi connectivity index (χ3v) is 9.01. The number of hydrogen-bond donors (Lipinski definition) is 0. The largest absolute Gasteiger partial charge is 0.454 e. The molecule has 8 nitrogen and oxygen atoms in total. The highest BCUT2D eigenvalue weighted by Crippen LogP contribution is 2.36. The van der Waals surface area contributed by atoms with Crippen molar-refractivity contribution in [2.45, 2.75) is 51.5 Å². The highest BCUT2D eigenvalue weighted by atomic mass is 16.7. The van der Waals surface area contributed by atoms with Crippen LogP contribution in [0.3, 0.4) is 0 Å². The van der Waals surface area contributed by atoms with E-state index in [0.29, 0.717) is 12.1 Å². The zero-order valence-electron chi connectivity index (χ0n) is 26.2. The Labute approximate surface area is 261 Å². The molecule has 0 bridgehead atoms. The monoisotopic (exact) mass is 595 g/mol. The second kappa shape index (κ2) is 14.2. The first kappa shape index (κ1) is 30.0. The van der Waals surface area contributed by atoms with Crippen LogP contribution in [0.2, 0.25) is 0 Å². The van der Waals surface area contributed by atoms with Gasteiger partial charge < -0.3 is 28.7 Å². The number of benzene rings is 3. The van der Waals surface area contributed by atoms with E-state index in [4.69, 9.17) is 14.5 Å². The van der Waals surface area contributed by atoms with Gasteiger partial charge in [-0.05, 0) is 74.3 Å². The quantitative estimate of drug-likeness (QED) is 0.176. The van der Waals surface area contributed by atoms with Gasteiger partial charge >= 0.3 is 0 Å². The van der Waals surface area contributed by atoms with Crippen molar-refractivity contribution < 1.29 is 14.3 Å². The van der Waals surface area contributed by atoms with Crippen LogP contribution in [-0.2, 0) is 6.54 Å². The summed E-state index contributed by atoms with van der Waals surface area (Å²) in [6, 6.07) is 24.3. The topological polar surface area (TPSA) is 63.1 Å². The van der Waals surface area contributed by atoms with E-state index in [9.17, 15) is 4.79 Å². The zero-order valence-corrected chi connectivity index (χ0v) is 26.2. The molecule has 1 saturated heterocycles. The molecule has 2 aliphatic heterocycles. The van der Waals surface area contributed by atoms with Crippen LogP contribution < -0.4 is 14.4 Å². The van der Waals surface area contributed by atoms with Gasteiger partial charge in [-0.1, -0.05) is 56.2 Å². The average molecular weight is 596 g/mol. The molecule has 0 aliphatic carbocycles. The Morgan fingerprint density at radius 2 is 1.73 bits per heavy atom. The average Bonchev–Trinajstić information content (AvgIpc) is 3.60. The first-order chi connectivity index (χ1) is 21.6. The van der Waals surface area contributed by atoms with Crippen molar-refractivity contribution in [2.75, 3.05) is 58.0 Å². The Kier molecular flexibility index (Phi) is 9.66. The summed E-state index contributed by atoms with van der Waals surface area (Å²) in [5.41, 5.74) is 4.22. The van der Waals surface area contributed by atoms with Gasteiger partial charge in [-0.25, -0.2) is 4.98 Å². The fraction of sp³-hybridized carbons (Fsp3) is 0.444. The number of rotatable bonds is 12. The van der Waals surface area contributed by atoms with Gasteiger partial charge in [0.25, 0.3) is 5.91 Å². The van der Waals surface area contributed by atoms with Gasteiger partial charge in [-0.3, -0.25) is 4.79 Å². The van der Waals surface area contributed by atoms with Crippen LogP contribution in [0.5, 0.6) is 11.5 Å². The normalized spacial score (nSPS) is 15.8. The van der Waals surface area contributed by atoms with E-state index in [2.05, 4.69) is 57.7 Å². The second-order valence-corrected chi connectivity index (χ2v) is 12.1. The van der Waals surface area contributed by atoms with Gasteiger partial charge in [0.2, 0.25) is 12.7 Å². The summed E-state index contributed by atoms with van der Waals surface area (Å²) < 4.78 is 13.7. The molecule has 44 heavy (non-hydrogen) atoms. The number of aromatic nitrogens is 2. The molecule has 3 aromatic carbocycles. The molecule has 1 atom stereocenters. The molecule has 0 spiro atoms. The fourth-order valence-electron chi connectivity index (χ4n) is 6.52. The maximum Gasteiger partial charge on any atom is 0.253 e. The third-order valence-electron chi connectivity index (χ3n) is 9.01. The van der Waals surface area contributed by atoms with Gasteiger partial charge in [0, 0.05) is 51.3 Å². The van der Waals surface area contributed by atoms with Crippen molar-refractivity contribution in [3.05, 3.63) is 83.9 Å². The van der Waals surface area contributed by atoms with Crippen LogP contribution in [0.4, 0.5) is 5.95 Å². The van der Waals surface area contributed by atoms with Gasteiger partial charge in [0.15, 0.2) is 11.5 Å². The lowest BCUT2D eigenvalue weighted by molar-refractivity contribution is 0.0782. The van der Waals surface area contributed by atoms with Crippen LogP contribution in [0.25, 0.3) is 11.0 Å². The summed E-state index contributed by atoms with van der Waals surface area (Å²) in [5.74, 6) is 2.91. The van der Waals surface area contributed by atoms with Crippen LogP contribution in [0.15, 0.2) is 72.8 Å². The van der Waals surface area contributed by atoms with Crippen molar-refractivity contribution in [3.63, 3.8) is 0 Å². The first-order valence-corrected chi connectivity index (χ1v) is 16.2. The highest BCUT2D eigenvalue weighted by molar-refractivity contribution is 5.94. The van der Waals surface area contributed by atoms with Crippen LogP contribution in [0.1, 0.15) is 60.9 Å². The standard InChI is InChI=1S/C36H45N5O3/c1-3-4-10-21-41-32-15-9-8-14-31(32)37-36(41)40-20-11-19-39(23-24-40)22-18-30(29-16-17-33-34(25-29)44-27-43-33)26-38(2)35(42)28-12-6-5-7-13-28/h5-9,12-17,25,30H,3-4,10-11,18-24,26-27H2,1-2H3. The molecule has 0 saturated carbocycles. The summed E-state index contributed by atoms with van der Waals surface area (Å²) in [4.78, 5) is 25.3. The minimum atomic E-state index is 0.0450. The Hall–Kier alpha value is -4.04. The van der Waals surface area contributed by atoms with Gasteiger partial charge in [0.1, 0.15) is 0 Å². The van der Waals surface area contributed by atoms with Crippen molar-refractivity contribution in [1.82, 2.24) is 19.4 Å². The van der Waals surface area contributed by atoms with E-state index in [0.717, 1.165) is 75.1 Å². The molecule has 0 radical (unpaired) electrons. The van der Waals surface area contributed by atoms with E-state index in [1.165, 1.54) is 30.3 Å². The second-order valence-electron chi connectivity index (χ2n) is 12.1. The molecule has 1 amide bonds. The fourth-order valence-corrected chi connectivity index (χ4v) is 6.52. The highest BCUT2D eigenvalue weighted by Gasteiger charge is 2.25. The minimum Gasteiger partial charge on any atom is -0.454 e. The molecular weight excluding hydrogens is 550 g/mol. The smallest absolute Gasteiger partial charge is 0.253 e. The number of para-hydroxylation sites is 2.